The molecule has 0 bridgehead atoms. The number of aryl methyl sites for hydroxylation is 1. The second-order valence-corrected chi connectivity index (χ2v) is 5.58. The molecule has 1 aromatic carbocycles. The minimum absolute atomic E-state index is 0.446. The SMILES string of the molecule is Cc1cc(C(N)=O)c(C)c(-c2ccc3nc(Cl)ccc3c2)n1. The van der Waals surface area contributed by atoms with Gasteiger partial charge in [-0.2, -0.15) is 0 Å². The first-order chi connectivity index (χ1) is 10.5. The Balaban J connectivity index is 2.23. The Bertz CT molecular complexity index is 906. The van der Waals surface area contributed by atoms with Crippen LogP contribution in [0.5, 0.6) is 0 Å². The van der Waals surface area contributed by atoms with Gasteiger partial charge in [-0.05, 0) is 49.7 Å². The summed E-state index contributed by atoms with van der Waals surface area (Å²) in [6.07, 6.45) is 0. The van der Waals surface area contributed by atoms with Gasteiger partial charge in [-0.3, -0.25) is 9.78 Å². The van der Waals surface area contributed by atoms with Gasteiger partial charge in [0.15, 0.2) is 0 Å². The number of halogens is 1. The predicted molar refractivity (Wildman–Crippen MR) is 88.0 cm³/mol. The monoisotopic (exact) mass is 311 g/mol. The van der Waals surface area contributed by atoms with E-state index in [0.29, 0.717) is 10.7 Å². The Kier molecular flexibility index (Phi) is 3.54. The Morgan fingerprint density at radius 3 is 2.59 bits per heavy atom. The lowest BCUT2D eigenvalue weighted by molar-refractivity contribution is 0.0999. The molecule has 3 rings (SSSR count). The zero-order valence-electron chi connectivity index (χ0n) is 12.2. The summed E-state index contributed by atoms with van der Waals surface area (Å²) in [6.45, 7) is 3.70. The van der Waals surface area contributed by atoms with Crippen LogP contribution in [0.3, 0.4) is 0 Å². The molecule has 110 valence electrons. The fourth-order valence-corrected chi connectivity index (χ4v) is 2.68. The van der Waals surface area contributed by atoms with Gasteiger partial charge in [0.1, 0.15) is 5.15 Å². The number of hydrogen-bond donors (Lipinski definition) is 1. The molecular weight excluding hydrogens is 298 g/mol. The van der Waals surface area contributed by atoms with Crippen LogP contribution >= 0.6 is 11.6 Å². The number of rotatable bonds is 2. The van der Waals surface area contributed by atoms with E-state index in [9.17, 15) is 4.79 Å². The first kappa shape index (κ1) is 14.5. The Morgan fingerprint density at radius 1 is 1.09 bits per heavy atom. The molecule has 1 amide bonds. The van der Waals surface area contributed by atoms with Crippen molar-refractivity contribution in [3.8, 4) is 11.3 Å². The van der Waals surface area contributed by atoms with Crippen LogP contribution in [0.15, 0.2) is 36.4 Å². The Hall–Kier alpha value is -2.46. The first-order valence-corrected chi connectivity index (χ1v) is 7.18. The fraction of sp³-hybridized carbons (Fsp3) is 0.118. The number of primary amides is 1. The average Bonchev–Trinajstić information content (AvgIpc) is 2.48. The van der Waals surface area contributed by atoms with Crippen molar-refractivity contribution in [2.45, 2.75) is 13.8 Å². The van der Waals surface area contributed by atoms with Crippen molar-refractivity contribution in [1.29, 1.82) is 0 Å². The van der Waals surface area contributed by atoms with Gasteiger partial charge in [-0.1, -0.05) is 17.7 Å². The molecule has 0 aliphatic rings. The molecule has 0 fully saturated rings. The van der Waals surface area contributed by atoms with Gasteiger partial charge in [0, 0.05) is 22.2 Å². The van der Waals surface area contributed by atoms with Crippen LogP contribution in [0.4, 0.5) is 0 Å². The van der Waals surface area contributed by atoms with Gasteiger partial charge in [0.25, 0.3) is 0 Å². The third kappa shape index (κ3) is 2.53. The molecule has 2 aromatic heterocycles. The number of carbonyl (C=O) groups excluding carboxylic acids is 1. The van der Waals surface area contributed by atoms with E-state index >= 15 is 0 Å². The first-order valence-electron chi connectivity index (χ1n) is 6.80. The van der Waals surface area contributed by atoms with Crippen LogP contribution in [0, 0.1) is 13.8 Å². The predicted octanol–water partition coefficient (Wildman–Crippen LogP) is 3.67. The van der Waals surface area contributed by atoms with Gasteiger partial charge in [0.05, 0.1) is 11.2 Å². The number of nitrogens with two attached hydrogens (primary N) is 1. The van der Waals surface area contributed by atoms with E-state index in [1.165, 1.54) is 0 Å². The second kappa shape index (κ2) is 5.39. The van der Waals surface area contributed by atoms with Crippen LogP contribution in [0.25, 0.3) is 22.2 Å². The molecule has 4 nitrogen and oxygen atoms in total. The van der Waals surface area contributed by atoms with Crippen molar-refractivity contribution >= 4 is 28.4 Å². The average molecular weight is 312 g/mol. The van der Waals surface area contributed by atoms with Crippen LogP contribution in [-0.4, -0.2) is 15.9 Å². The summed E-state index contributed by atoms with van der Waals surface area (Å²) in [5.41, 5.74) is 9.96. The smallest absolute Gasteiger partial charge is 0.249 e. The van der Waals surface area contributed by atoms with Crippen LogP contribution in [-0.2, 0) is 0 Å². The maximum absolute atomic E-state index is 11.6. The van der Waals surface area contributed by atoms with Gasteiger partial charge in [-0.15, -0.1) is 0 Å². The summed E-state index contributed by atoms with van der Waals surface area (Å²) >= 11 is 5.90. The molecule has 0 aliphatic carbocycles. The number of nitrogens with zero attached hydrogens (tertiary/aromatic N) is 2. The summed E-state index contributed by atoms with van der Waals surface area (Å²) in [5.74, 6) is -0.446. The summed E-state index contributed by atoms with van der Waals surface area (Å²) in [5, 5.41) is 1.42. The highest BCUT2D eigenvalue weighted by Gasteiger charge is 2.13. The molecule has 5 heteroatoms. The molecule has 0 radical (unpaired) electrons. The van der Waals surface area contributed by atoms with Gasteiger partial charge in [-0.25, -0.2) is 4.98 Å². The standard InChI is InChI=1S/C17H14ClN3O/c1-9-7-13(17(19)22)10(2)16(20-9)12-3-5-14-11(8-12)4-6-15(18)21-14/h3-8H,1-2H3,(H2,19,22). The molecular formula is C17H14ClN3O. The van der Waals surface area contributed by atoms with E-state index < -0.39 is 5.91 Å². The molecule has 0 aliphatic heterocycles. The lowest BCUT2D eigenvalue weighted by Crippen LogP contribution is -2.14. The van der Waals surface area contributed by atoms with Gasteiger partial charge < -0.3 is 5.73 Å². The van der Waals surface area contributed by atoms with Crippen molar-refractivity contribution < 1.29 is 4.79 Å². The quantitative estimate of drug-likeness (QED) is 0.734. The largest absolute Gasteiger partial charge is 0.366 e. The molecule has 0 saturated carbocycles. The molecule has 0 atom stereocenters. The molecule has 0 unspecified atom stereocenters. The number of carbonyl (C=O) groups is 1. The van der Waals surface area contributed by atoms with Gasteiger partial charge >= 0.3 is 0 Å². The Labute approximate surface area is 133 Å². The van der Waals surface area contributed by atoms with Crippen LogP contribution in [0.1, 0.15) is 21.6 Å². The van der Waals surface area contributed by atoms with Crippen LogP contribution < -0.4 is 5.73 Å². The van der Waals surface area contributed by atoms with E-state index in [1.807, 2.05) is 38.1 Å². The molecule has 0 saturated heterocycles. The zero-order chi connectivity index (χ0) is 15.9. The number of fused-ring (bicyclic) bond motifs is 1. The highest BCUT2D eigenvalue weighted by atomic mass is 35.5. The number of pyridine rings is 2. The molecule has 2 N–H and O–H groups in total. The van der Waals surface area contributed by atoms with Crippen molar-refractivity contribution in [2.75, 3.05) is 0 Å². The highest BCUT2D eigenvalue weighted by Crippen LogP contribution is 2.27. The van der Waals surface area contributed by atoms with E-state index in [2.05, 4.69) is 9.97 Å². The number of benzene rings is 1. The van der Waals surface area contributed by atoms with Crippen LogP contribution in [0.2, 0.25) is 5.15 Å². The third-order valence-corrected chi connectivity index (χ3v) is 3.81. The highest BCUT2D eigenvalue weighted by molar-refractivity contribution is 6.29. The maximum Gasteiger partial charge on any atom is 0.249 e. The fourth-order valence-electron chi connectivity index (χ4n) is 2.52. The molecule has 0 spiro atoms. The lowest BCUT2D eigenvalue weighted by atomic mass is 9.99. The zero-order valence-corrected chi connectivity index (χ0v) is 13.0. The summed E-state index contributed by atoms with van der Waals surface area (Å²) in [6, 6.07) is 11.2. The van der Waals surface area contributed by atoms with E-state index in [4.69, 9.17) is 17.3 Å². The second-order valence-electron chi connectivity index (χ2n) is 5.19. The molecule has 2 heterocycles. The van der Waals surface area contributed by atoms with Crippen molar-refractivity contribution in [3.05, 3.63) is 58.4 Å². The summed E-state index contributed by atoms with van der Waals surface area (Å²) in [4.78, 5) is 20.4. The van der Waals surface area contributed by atoms with Crippen molar-refractivity contribution in [1.82, 2.24) is 9.97 Å². The van der Waals surface area contributed by atoms with Gasteiger partial charge in [0.2, 0.25) is 5.91 Å². The third-order valence-electron chi connectivity index (χ3n) is 3.59. The summed E-state index contributed by atoms with van der Waals surface area (Å²) < 4.78 is 0. The number of aromatic nitrogens is 2. The number of hydrogen-bond acceptors (Lipinski definition) is 3. The summed E-state index contributed by atoms with van der Waals surface area (Å²) in [7, 11) is 0. The van der Waals surface area contributed by atoms with E-state index in [0.717, 1.165) is 33.4 Å². The van der Waals surface area contributed by atoms with E-state index in [1.54, 1.807) is 12.1 Å². The number of amides is 1. The topological polar surface area (TPSA) is 68.9 Å². The van der Waals surface area contributed by atoms with Crippen molar-refractivity contribution in [3.63, 3.8) is 0 Å². The lowest BCUT2D eigenvalue weighted by Gasteiger charge is -2.11. The van der Waals surface area contributed by atoms with E-state index in [-0.39, 0.29) is 0 Å². The molecule has 3 aromatic rings. The molecule has 22 heavy (non-hydrogen) atoms. The maximum atomic E-state index is 11.6. The minimum atomic E-state index is -0.446. The Morgan fingerprint density at radius 2 is 1.86 bits per heavy atom. The van der Waals surface area contributed by atoms with Crippen molar-refractivity contribution in [2.24, 2.45) is 5.73 Å². The minimum Gasteiger partial charge on any atom is -0.366 e. The normalized spacial score (nSPS) is 10.9.